The van der Waals surface area contributed by atoms with Gasteiger partial charge in [-0.15, -0.1) is 0 Å². The molecule has 0 bridgehead atoms. The highest BCUT2D eigenvalue weighted by atomic mass is 19.1. The van der Waals surface area contributed by atoms with Gasteiger partial charge in [-0.1, -0.05) is 6.07 Å². The van der Waals surface area contributed by atoms with Crippen LogP contribution in [0.5, 0.6) is 0 Å². The first kappa shape index (κ1) is 14.4. The lowest BCUT2D eigenvalue weighted by molar-refractivity contribution is -0.118. The molecule has 1 aromatic carbocycles. The van der Waals surface area contributed by atoms with Gasteiger partial charge in [-0.25, -0.2) is 14.0 Å². The van der Waals surface area contributed by atoms with Crippen LogP contribution in [0.3, 0.4) is 0 Å². The Kier molecular flexibility index (Phi) is 4.41. The zero-order valence-corrected chi connectivity index (χ0v) is 10.0. The Morgan fingerprint density at radius 3 is 2.58 bits per heavy atom. The highest BCUT2D eigenvalue weighted by molar-refractivity contribution is 6.00. The lowest BCUT2D eigenvalue weighted by atomic mass is 10.1. The number of carboxylic acid groups (broad SMARTS) is 1. The first-order valence-electron chi connectivity index (χ1n) is 5.15. The van der Waals surface area contributed by atoms with Crippen LogP contribution in [-0.2, 0) is 4.79 Å². The van der Waals surface area contributed by atoms with E-state index in [1.54, 1.807) is 0 Å². The van der Waals surface area contributed by atoms with E-state index in [1.165, 1.54) is 19.2 Å². The van der Waals surface area contributed by atoms with Crippen LogP contribution in [0.1, 0.15) is 10.4 Å². The van der Waals surface area contributed by atoms with Crippen molar-refractivity contribution in [3.63, 3.8) is 0 Å². The molecule has 0 saturated heterocycles. The van der Waals surface area contributed by atoms with Crippen LogP contribution in [0.25, 0.3) is 0 Å². The fourth-order valence-electron chi connectivity index (χ4n) is 1.36. The highest BCUT2D eigenvalue weighted by Gasteiger charge is 2.19. The summed E-state index contributed by atoms with van der Waals surface area (Å²) in [5, 5.41) is 11.1. The molecule has 8 heteroatoms. The molecule has 4 N–H and O–H groups in total. The molecule has 0 unspecified atom stereocenters. The summed E-state index contributed by atoms with van der Waals surface area (Å²) in [6.07, 6.45) is 0. The van der Waals surface area contributed by atoms with Crippen molar-refractivity contribution in [1.29, 1.82) is 0 Å². The van der Waals surface area contributed by atoms with E-state index < -0.39 is 29.3 Å². The van der Waals surface area contributed by atoms with Crippen LogP contribution in [0, 0.1) is 5.82 Å². The summed E-state index contributed by atoms with van der Waals surface area (Å²) in [4.78, 5) is 34.1. The van der Waals surface area contributed by atoms with Crippen LogP contribution >= 0.6 is 0 Å². The summed E-state index contributed by atoms with van der Waals surface area (Å²) in [5.74, 6) is -3.20. The number of carbonyl (C=O) groups is 3. The van der Waals surface area contributed by atoms with Gasteiger partial charge in [-0.05, 0) is 12.1 Å². The van der Waals surface area contributed by atoms with Gasteiger partial charge in [0.1, 0.15) is 17.9 Å². The van der Waals surface area contributed by atoms with E-state index in [2.05, 4.69) is 5.32 Å². The number of urea groups is 1. The molecule has 102 valence electrons. The molecule has 1 aromatic rings. The predicted octanol–water partition coefficient (Wildman–Crippen LogP) is 0.473. The minimum atomic E-state index is -1.51. The monoisotopic (exact) mass is 269 g/mol. The quantitative estimate of drug-likeness (QED) is 0.737. The van der Waals surface area contributed by atoms with Crippen molar-refractivity contribution in [2.75, 3.05) is 18.9 Å². The summed E-state index contributed by atoms with van der Waals surface area (Å²) in [6.45, 7) is -0.344. The molecule has 0 heterocycles. The number of aromatic carboxylic acids is 1. The largest absolute Gasteiger partial charge is 0.478 e. The maximum atomic E-state index is 13.3. The van der Waals surface area contributed by atoms with Gasteiger partial charge in [0.2, 0.25) is 5.91 Å². The first-order chi connectivity index (χ1) is 8.82. The number of hydrogen-bond acceptors (Lipinski definition) is 3. The van der Waals surface area contributed by atoms with Crippen LogP contribution in [-0.4, -0.2) is 41.5 Å². The Balaban J connectivity index is 2.94. The van der Waals surface area contributed by atoms with Crippen molar-refractivity contribution in [3.8, 4) is 0 Å². The Bertz CT molecular complexity index is 533. The maximum absolute atomic E-state index is 13.3. The number of nitrogens with zero attached hydrogens (tertiary/aromatic N) is 1. The molecule has 1 rings (SSSR count). The second-order valence-electron chi connectivity index (χ2n) is 3.72. The van der Waals surface area contributed by atoms with E-state index in [1.807, 2.05) is 0 Å². The van der Waals surface area contributed by atoms with Crippen molar-refractivity contribution in [1.82, 2.24) is 4.90 Å². The van der Waals surface area contributed by atoms with E-state index in [9.17, 15) is 18.8 Å². The number of nitrogens with two attached hydrogens (primary N) is 1. The molecule has 0 aromatic heterocycles. The molecular formula is C11H12FN3O4. The highest BCUT2D eigenvalue weighted by Crippen LogP contribution is 2.19. The van der Waals surface area contributed by atoms with E-state index >= 15 is 0 Å². The molecule has 0 fully saturated rings. The van der Waals surface area contributed by atoms with E-state index in [4.69, 9.17) is 10.8 Å². The topological polar surface area (TPSA) is 113 Å². The third kappa shape index (κ3) is 3.66. The molecule has 0 aliphatic carbocycles. The van der Waals surface area contributed by atoms with Gasteiger partial charge in [-0.3, -0.25) is 4.79 Å². The average Bonchev–Trinajstić information content (AvgIpc) is 2.27. The number of hydrogen-bond donors (Lipinski definition) is 3. The van der Waals surface area contributed by atoms with Gasteiger partial charge in [0, 0.05) is 7.05 Å². The molecule has 0 atom stereocenters. The summed E-state index contributed by atoms with van der Waals surface area (Å²) in [5.41, 5.74) is 4.06. The van der Waals surface area contributed by atoms with Crippen molar-refractivity contribution in [2.24, 2.45) is 5.73 Å². The normalized spacial score (nSPS) is 9.79. The van der Waals surface area contributed by atoms with Gasteiger partial charge in [0.15, 0.2) is 0 Å². The molecule has 0 aliphatic heterocycles. The number of benzene rings is 1. The maximum Gasteiger partial charge on any atom is 0.340 e. The molecule has 0 radical (unpaired) electrons. The van der Waals surface area contributed by atoms with Crippen LogP contribution in [0.4, 0.5) is 14.9 Å². The van der Waals surface area contributed by atoms with Gasteiger partial charge in [0.25, 0.3) is 0 Å². The molecular weight excluding hydrogens is 257 g/mol. The smallest absolute Gasteiger partial charge is 0.340 e. The van der Waals surface area contributed by atoms with E-state index in [0.29, 0.717) is 0 Å². The summed E-state index contributed by atoms with van der Waals surface area (Å²) >= 11 is 0. The van der Waals surface area contributed by atoms with Crippen molar-refractivity contribution in [3.05, 3.63) is 29.6 Å². The van der Waals surface area contributed by atoms with Crippen LogP contribution in [0.15, 0.2) is 18.2 Å². The third-order valence-corrected chi connectivity index (χ3v) is 2.21. The standard InChI is InChI=1S/C11H12FN3O4/c1-15(5-8(13)16)11(19)14-7-4-2-3-6(12)9(7)10(17)18/h2-4H,5H2,1H3,(H2,13,16)(H,14,19)(H,17,18). The fourth-order valence-corrected chi connectivity index (χ4v) is 1.36. The number of halogens is 1. The Morgan fingerprint density at radius 1 is 1.42 bits per heavy atom. The fraction of sp³-hybridized carbons (Fsp3) is 0.182. The Hall–Kier alpha value is -2.64. The van der Waals surface area contributed by atoms with E-state index in [-0.39, 0.29) is 12.2 Å². The SMILES string of the molecule is CN(CC(N)=O)C(=O)Nc1cccc(F)c1C(=O)O. The molecule has 0 spiro atoms. The summed E-state index contributed by atoms with van der Waals surface area (Å²) in [6, 6.07) is 2.69. The number of primary amides is 1. The average molecular weight is 269 g/mol. The zero-order chi connectivity index (χ0) is 14.6. The number of rotatable bonds is 4. The zero-order valence-electron chi connectivity index (χ0n) is 10.0. The lowest BCUT2D eigenvalue weighted by Crippen LogP contribution is -2.38. The second kappa shape index (κ2) is 5.80. The van der Waals surface area contributed by atoms with Gasteiger partial charge >= 0.3 is 12.0 Å². The number of likely N-dealkylation sites (N-methyl/N-ethyl adjacent to an activating group) is 1. The number of carboxylic acids is 1. The minimum absolute atomic E-state index is 0.200. The molecule has 19 heavy (non-hydrogen) atoms. The van der Waals surface area contributed by atoms with Gasteiger partial charge < -0.3 is 21.1 Å². The number of carbonyl (C=O) groups excluding carboxylic acids is 2. The predicted molar refractivity (Wildman–Crippen MR) is 64.2 cm³/mol. The second-order valence-corrected chi connectivity index (χ2v) is 3.72. The number of nitrogens with one attached hydrogen (secondary N) is 1. The van der Waals surface area contributed by atoms with Gasteiger partial charge in [0.05, 0.1) is 5.69 Å². The number of amides is 3. The van der Waals surface area contributed by atoms with Crippen molar-refractivity contribution < 1.29 is 23.9 Å². The van der Waals surface area contributed by atoms with Crippen LogP contribution < -0.4 is 11.1 Å². The summed E-state index contributed by atoms with van der Waals surface area (Å²) in [7, 11) is 1.29. The van der Waals surface area contributed by atoms with E-state index in [0.717, 1.165) is 11.0 Å². The van der Waals surface area contributed by atoms with Crippen molar-refractivity contribution >= 4 is 23.6 Å². The summed E-state index contributed by atoms with van der Waals surface area (Å²) < 4.78 is 13.3. The molecule has 7 nitrogen and oxygen atoms in total. The van der Waals surface area contributed by atoms with Crippen molar-refractivity contribution in [2.45, 2.75) is 0 Å². The minimum Gasteiger partial charge on any atom is -0.478 e. The number of anilines is 1. The van der Waals surface area contributed by atoms with Gasteiger partial charge in [-0.2, -0.15) is 0 Å². The van der Waals surface area contributed by atoms with Crippen LogP contribution in [0.2, 0.25) is 0 Å². The lowest BCUT2D eigenvalue weighted by Gasteiger charge is -2.17. The molecule has 0 aliphatic rings. The third-order valence-electron chi connectivity index (χ3n) is 2.21. The Labute approximate surface area is 107 Å². The molecule has 0 saturated carbocycles. The Morgan fingerprint density at radius 2 is 2.05 bits per heavy atom. The first-order valence-corrected chi connectivity index (χ1v) is 5.15. The molecule has 3 amide bonds.